The largest absolute Gasteiger partial charge is 0.381 e. The van der Waals surface area contributed by atoms with Gasteiger partial charge in [-0.05, 0) is 68.9 Å². The number of Topliss-reactive ketones (excluding diaryl/α,β-unsaturated/α-hetero) is 1. The maximum absolute atomic E-state index is 12.8. The van der Waals surface area contributed by atoms with Crippen LogP contribution in [0.1, 0.15) is 54.2 Å². The number of ether oxygens (including phenoxy) is 1. The van der Waals surface area contributed by atoms with Crippen molar-refractivity contribution < 1.29 is 22.5 Å². The van der Waals surface area contributed by atoms with E-state index >= 15 is 0 Å². The molecule has 0 radical (unpaired) electrons. The number of carbonyl (C=O) groups is 1. The maximum Gasteiger partial charge on any atom is 0.261 e. The molecule has 2 aromatic rings. The Bertz CT molecular complexity index is 923. The maximum atomic E-state index is 12.8. The van der Waals surface area contributed by atoms with E-state index in [-0.39, 0.29) is 11.7 Å². The van der Waals surface area contributed by atoms with Crippen molar-refractivity contribution in [3.05, 3.63) is 41.1 Å². The summed E-state index contributed by atoms with van der Waals surface area (Å²) in [5.41, 5.74) is 4.13. The van der Waals surface area contributed by atoms with Gasteiger partial charge in [0.2, 0.25) is 0 Å². The van der Waals surface area contributed by atoms with E-state index < -0.39 is 10.1 Å². The second kappa shape index (κ2) is 9.58. The number of benzene rings is 1. The molecule has 0 spiro atoms. The summed E-state index contributed by atoms with van der Waals surface area (Å²) in [5.74, 6) is 0.419. The number of aryl methyl sites for hydroxylation is 2. The molecular weight excluding hydrogens is 378 g/mol. The van der Waals surface area contributed by atoms with Crippen molar-refractivity contribution in [1.82, 2.24) is 4.98 Å². The molecule has 1 fully saturated rings. The van der Waals surface area contributed by atoms with E-state index in [9.17, 15) is 13.2 Å². The Hall–Kier alpha value is -1.83. The Morgan fingerprint density at radius 2 is 1.82 bits per heavy atom. The number of rotatable bonds is 4. The van der Waals surface area contributed by atoms with Crippen LogP contribution in [-0.4, -0.2) is 43.2 Å². The number of hydrogen-bond donors (Lipinski definition) is 1. The van der Waals surface area contributed by atoms with Crippen LogP contribution in [0.3, 0.4) is 0 Å². The number of carbonyl (C=O) groups excluding carboxylic acids is 1. The third kappa shape index (κ3) is 6.36. The molecule has 7 heteroatoms. The first-order valence-corrected chi connectivity index (χ1v) is 11.4. The van der Waals surface area contributed by atoms with Crippen molar-refractivity contribution in [3.8, 4) is 0 Å². The number of aromatic nitrogens is 1. The Morgan fingerprint density at radius 1 is 1.21 bits per heavy atom. The first-order chi connectivity index (χ1) is 13.1. The number of hydrogen-bond acceptors (Lipinski definition) is 5. The summed E-state index contributed by atoms with van der Waals surface area (Å²) in [6, 6.07) is 8.11. The quantitative estimate of drug-likeness (QED) is 0.608. The van der Waals surface area contributed by atoms with E-state index in [4.69, 9.17) is 9.29 Å². The van der Waals surface area contributed by atoms with E-state index in [1.54, 1.807) is 7.11 Å². The van der Waals surface area contributed by atoms with Crippen LogP contribution in [0, 0.1) is 12.8 Å². The number of pyridine rings is 1. The monoisotopic (exact) mass is 407 g/mol. The van der Waals surface area contributed by atoms with Crippen LogP contribution < -0.4 is 0 Å². The van der Waals surface area contributed by atoms with Gasteiger partial charge < -0.3 is 4.74 Å². The lowest BCUT2D eigenvalue weighted by molar-refractivity contribution is 0.0519. The summed E-state index contributed by atoms with van der Waals surface area (Å²) in [7, 11) is -1.91. The fourth-order valence-corrected chi connectivity index (χ4v) is 3.62. The minimum atomic E-state index is -3.67. The van der Waals surface area contributed by atoms with Crippen LogP contribution in [0.2, 0.25) is 0 Å². The number of methoxy groups -OCH3 is 1. The normalized spacial score (nSPS) is 19.8. The Morgan fingerprint density at radius 3 is 2.36 bits per heavy atom. The SMILES string of the molecule is CCc1cc2cc(C(=O)C3CCC(OC)CC3)ccc2nc1C.CS(=O)(=O)O. The first kappa shape index (κ1) is 22.5. The highest BCUT2D eigenvalue weighted by Crippen LogP contribution is 2.29. The second-order valence-electron chi connectivity index (χ2n) is 7.30. The lowest BCUT2D eigenvalue weighted by Crippen LogP contribution is -2.25. The zero-order valence-electron chi connectivity index (χ0n) is 16.9. The van der Waals surface area contributed by atoms with Crippen molar-refractivity contribution in [1.29, 1.82) is 0 Å². The van der Waals surface area contributed by atoms with Gasteiger partial charge in [0, 0.05) is 29.7 Å². The van der Waals surface area contributed by atoms with Gasteiger partial charge >= 0.3 is 0 Å². The summed E-state index contributed by atoms with van der Waals surface area (Å²) in [6.07, 6.45) is 5.85. The van der Waals surface area contributed by atoms with Gasteiger partial charge in [-0.15, -0.1) is 0 Å². The fraction of sp³-hybridized carbons (Fsp3) is 0.524. The molecule has 154 valence electrons. The third-order valence-electron chi connectivity index (χ3n) is 5.15. The summed E-state index contributed by atoms with van der Waals surface area (Å²) >= 11 is 0. The number of fused-ring (bicyclic) bond motifs is 1. The predicted molar refractivity (Wildman–Crippen MR) is 110 cm³/mol. The second-order valence-corrected chi connectivity index (χ2v) is 8.77. The molecule has 0 amide bonds. The van der Waals surface area contributed by atoms with Gasteiger partial charge in [0.05, 0.1) is 17.9 Å². The molecule has 0 atom stereocenters. The Kier molecular flexibility index (Phi) is 7.69. The molecule has 1 aromatic carbocycles. The van der Waals surface area contributed by atoms with E-state index in [1.165, 1.54) is 5.56 Å². The van der Waals surface area contributed by atoms with Gasteiger partial charge in [-0.2, -0.15) is 8.42 Å². The summed E-state index contributed by atoms with van der Waals surface area (Å²) in [4.78, 5) is 17.5. The lowest BCUT2D eigenvalue weighted by atomic mass is 9.82. The minimum absolute atomic E-state index is 0.142. The predicted octanol–water partition coefficient (Wildman–Crippen LogP) is 4.00. The molecule has 1 aliphatic carbocycles. The summed E-state index contributed by atoms with van der Waals surface area (Å²) < 4.78 is 31.3. The van der Waals surface area contributed by atoms with Gasteiger partial charge in [-0.1, -0.05) is 6.92 Å². The zero-order valence-corrected chi connectivity index (χ0v) is 17.8. The average Bonchev–Trinajstić information content (AvgIpc) is 2.65. The smallest absolute Gasteiger partial charge is 0.261 e. The first-order valence-electron chi connectivity index (χ1n) is 9.52. The van der Waals surface area contributed by atoms with Crippen LogP contribution in [0.4, 0.5) is 0 Å². The van der Waals surface area contributed by atoms with Gasteiger partial charge in [0.1, 0.15) is 0 Å². The van der Waals surface area contributed by atoms with Crippen LogP contribution in [0.25, 0.3) is 10.9 Å². The Labute approximate surface area is 167 Å². The molecule has 1 aromatic heterocycles. The molecule has 0 aliphatic heterocycles. The van der Waals surface area contributed by atoms with Crippen LogP contribution >= 0.6 is 0 Å². The highest BCUT2D eigenvalue weighted by Gasteiger charge is 2.27. The highest BCUT2D eigenvalue weighted by atomic mass is 32.2. The van der Waals surface area contributed by atoms with Crippen molar-refractivity contribution in [2.45, 2.75) is 52.1 Å². The van der Waals surface area contributed by atoms with E-state index in [0.717, 1.165) is 54.3 Å². The fourth-order valence-electron chi connectivity index (χ4n) is 3.62. The minimum Gasteiger partial charge on any atom is -0.381 e. The highest BCUT2D eigenvalue weighted by molar-refractivity contribution is 7.85. The molecule has 3 rings (SSSR count). The molecule has 28 heavy (non-hydrogen) atoms. The van der Waals surface area contributed by atoms with Crippen LogP contribution in [0.15, 0.2) is 24.3 Å². The molecule has 0 unspecified atom stereocenters. The average molecular weight is 408 g/mol. The molecule has 0 saturated heterocycles. The third-order valence-corrected chi connectivity index (χ3v) is 5.15. The Balaban J connectivity index is 0.000000500. The molecular formula is C21H29NO5S. The van der Waals surface area contributed by atoms with Crippen molar-refractivity contribution in [3.63, 3.8) is 0 Å². The molecule has 1 heterocycles. The van der Waals surface area contributed by atoms with Gasteiger partial charge in [-0.25, -0.2) is 0 Å². The van der Waals surface area contributed by atoms with Crippen molar-refractivity contribution >= 4 is 26.8 Å². The van der Waals surface area contributed by atoms with Crippen molar-refractivity contribution in [2.75, 3.05) is 13.4 Å². The van der Waals surface area contributed by atoms with Gasteiger partial charge in [0.15, 0.2) is 5.78 Å². The van der Waals surface area contributed by atoms with E-state index in [0.29, 0.717) is 12.4 Å². The van der Waals surface area contributed by atoms with Crippen molar-refractivity contribution in [2.24, 2.45) is 5.92 Å². The number of ketones is 1. The summed E-state index contributed by atoms with van der Waals surface area (Å²) in [5, 5.41) is 1.07. The van der Waals surface area contributed by atoms with E-state index in [2.05, 4.69) is 18.0 Å². The van der Waals surface area contributed by atoms with Crippen LogP contribution in [0.5, 0.6) is 0 Å². The molecule has 1 aliphatic rings. The topological polar surface area (TPSA) is 93.6 Å². The van der Waals surface area contributed by atoms with Gasteiger partial charge in [0.25, 0.3) is 10.1 Å². The van der Waals surface area contributed by atoms with Crippen LogP contribution in [-0.2, 0) is 21.3 Å². The molecule has 6 nitrogen and oxygen atoms in total. The molecule has 0 bridgehead atoms. The molecule has 1 N–H and O–H groups in total. The van der Waals surface area contributed by atoms with Gasteiger partial charge in [-0.3, -0.25) is 14.3 Å². The van der Waals surface area contributed by atoms with E-state index in [1.807, 2.05) is 25.1 Å². The summed E-state index contributed by atoms with van der Waals surface area (Å²) in [6.45, 7) is 4.19. The zero-order chi connectivity index (χ0) is 20.9. The lowest BCUT2D eigenvalue weighted by Gasteiger charge is -2.26. The standard InChI is InChI=1S/C20H25NO2.CH4O3S/c1-4-14-11-17-12-16(7-10-19(17)21-13(14)2)20(22)15-5-8-18(23-3)9-6-15;1-5(2,3)4/h7,10-12,15,18H,4-6,8-9H2,1-3H3;1H3,(H,2,3,4). The molecule has 1 saturated carbocycles. The number of nitrogens with zero attached hydrogens (tertiary/aromatic N) is 1.